The average Bonchev–Trinajstić information content (AvgIpc) is 2.80. The quantitative estimate of drug-likeness (QED) is 0.666. The summed E-state index contributed by atoms with van der Waals surface area (Å²) in [5, 5.41) is 0. The molecule has 3 N–H and O–H groups in total. The molecule has 1 nitrogen and oxygen atoms in total. The number of rotatable bonds is 0. The van der Waals surface area contributed by atoms with E-state index in [0.29, 0.717) is 12.8 Å². The van der Waals surface area contributed by atoms with E-state index in [1.807, 2.05) is 12.2 Å². The van der Waals surface area contributed by atoms with Crippen LogP contribution in [0.25, 0.3) is 0 Å². The van der Waals surface area contributed by atoms with Crippen LogP contribution in [0.15, 0.2) is 34.9 Å². The molecule has 0 bridgehead atoms. The Kier molecular flexibility index (Phi) is 2.59. The van der Waals surface area contributed by atoms with E-state index < -0.39 is 11.8 Å². The van der Waals surface area contributed by atoms with Gasteiger partial charge in [-0.15, -0.1) is 12.4 Å². The molecule has 1 unspecified atom stereocenters. The van der Waals surface area contributed by atoms with Crippen LogP contribution in [0.4, 0.5) is 8.78 Å². The molecular formula is C10H12ClF2N. The number of fused-ring (bicyclic) bond motifs is 2. The van der Waals surface area contributed by atoms with E-state index in [1.54, 1.807) is 6.08 Å². The van der Waals surface area contributed by atoms with E-state index in [4.69, 9.17) is 0 Å². The van der Waals surface area contributed by atoms with Gasteiger partial charge in [0.2, 0.25) is 0 Å². The second kappa shape index (κ2) is 3.17. The Morgan fingerprint density at radius 2 is 2.07 bits per heavy atom. The third kappa shape index (κ3) is 1.16. The van der Waals surface area contributed by atoms with Crippen molar-refractivity contribution in [1.29, 1.82) is 0 Å². The van der Waals surface area contributed by atoms with Gasteiger partial charge in [0.25, 0.3) is 5.92 Å². The van der Waals surface area contributed by atoms with Gasteiger partial charge in [-0.1, -0.05) is 23.8 Å². The lowest BCUT2D eigenvalue weighted by Crippen LogP contribution is -2.20. The molecule has 0 heterocycles. The molecule has 0 spiro atoms. The molecule has 0 aromatic carbocycles. The predicted octanol–water partition coefficient (Wildman–Crippen LogP) is 3.42. The normalized spacial score (nSPS) is 29.6. The lowest BCUT2D eigenvalue weighted by molar-refractivity contribution is 0.0294. The van der Waals surface area contributed by atoms with Gasteiger partial charge in [0.15, 0.2) is 0 Å². The Labute approximate surface area is 87.6 Å². The van der Waals surface area contributed by atoms with E-state index in [1.165, 1.54) is 0 Å². The van der Waals surface area contributed by atoms with Gasteiger partial charge in [0.1, 0.15) is 0 Å². The fourth-order valence-electron chi connectivity index (χ4n) is 2.16. The molecule has 3 aliphatic carbocycles. The van der Waals surface area contributed by atoms with Crippen molar-refractivity contribution in [1.82, 2.24) is 6.15 Å². The van der Waals surface area contributed by atoms with Crippen molar-refractivity contribution in [2.75, 3.05) is 0 Å². The third-order valence-electron chi connectivity index (χ3n) is 2.86. The van der Waals surface area contributed by atoms with Gasteiger partial charge >= 0.3 is 0 Å². The molecular weight excluding hydrogens is 208 g/mol. The Bertz CT molecular complexity index is 355. The smallest absolute Gasteiger partial charge is 0.280 e. The lowest BCUT2D eigenvalue weighted by Gasteiger charge is -2.17. The van der Waals surface area contributed by atoms with E-state index >= 15 is 0 Å². The molecule has 1 atom stereocenters. The van der Waals surface area contributed by atoms with Gasteiger partial charge in [-0.3, -0.25) is 0 Å². The maximum atomic E-state index is 13.4. The summed E-state index contributed by atoms with van der Waals surface area (Å²) < 4.78 is 26.7. The van der Waals surface area contributed by atoms with Crippen LogP contribution < -0.4 is 6.15 Å². The summed E-state index contributed by atoms with van der Waals surface area (Å²) >= 11 is 0. The second-order valence-corrected chi connectivity index (χ2v) is 3.57. The minimum absolute atomic E-state index is 0. The molecule has 3 aliphatic rings. The van der Waals surface area contributed by atoms with E-state index in [2.05, 4.69) is 0 Å². The van der Waals surface area contributed by atoms with Crippen LogP contribution in [0.1, 0.15) is 12.8 Å². The second-order valence-electron chi connectivity index (χ2n) is 3.57. The highest BCUT2D eigenvalue weighted by Crippen LogP contribution is 2.62. The number of hydrogen-bond donors (Lipinski definition) is 1. The minimum atomic E-state index is -2.55. The molecule has 0 radical (unpaired) electrons. The minimum Gasteiger partial charge on any atom is -0.344 e. The van der Waals surface area contributed by atoms with Crippen molar-refractivity contribution in [3.63, 3.8) is 0 Å². The lowest BCUT2D eigenvalue weighted by atomic mass is 9.96. The summed E-state index contributed by atoms with van der Waals surface area (Å²) in [4.78, 5) is 0. The van der Waals surface area contributed by atoms with Crippen LogP contribution in [0, 0.1) is 5.92 Å². The van der Waals surface area contributed by atoms with E-state index in [-0.39, 0.29) is 24.1 Å². The summed E-state index contributed by atoms with van der Waals surface area (Å²) in [6.45, 7) is 0. The number of allylic oxidation sites excluding steroid dienone is 6. The number of halogens is 3. The first kappa shape index (κ1) is 11.4. The Morgan fingerprint density at radius 1 is 1.36 bits per heavy atom. The van der Waals surface area contributed by atoms with Crippen molar-refractivity contribution in [2.24, 2.45) is 5.92 Å². The molecule has 0 amide bonds. The highest BCUT2D eigenvalue weighted by atomic mass is 35.5. The first-order valence-corrected chi connectivity index (χ1v) is 4.19. The van der Waals surface area contributed by atoms with Crippen LogP contribution in [0.5, 0.6) is 0 Å². The maximum absolute atomic E-state index is 13.4. The van der Waals surface area contributed by atoms with Gasteiger partial charge in [-0.05, 0) is 18.4 Å². The van der Waals surface area contributed by atoms with Crippen molar-refractivity contribution in [3.8, 4) is 0 Å². The summed E-state index contributed by atoms with van der Waals surface area (Å²) in [6.07, 6.45) is 6.74. The van der Waals surface area contributed by atoms with Gasteiger partial charge in [0, 0.05) is 5.57 Å². The summed E-state index contributed by atoms with van der Waals surface area (Å²) in [5.74, 6) is -2.99. The topological polar surface area (TPSA) is 35.0 Å². The van der Waals surface area contributed by atoms with E-state index in [9.17, 15) is 8.78 Å². The maximum Gasteiger partial charge on any atom is 0.280 e. The van der Waals surface area contributed by atoms with Crippen molar-refractivity contribution >= 4 is 12.4 Å². The van der Waals surface area contributed by atoms with E-state index in [0.717, 1.165) is 11.1 Å². The average molecular weight is 220 g/mol. The summed E-state index contributed by atoms with van der Waals surface area (Å²) in [6, 6.07) is 0. The van der Waals surface area contributed by atoms with Gasteiger partial charge in [0.05, 0.1) is 5.92 Å². The highest BCUT2D eigenvalue weighted by molar-refractivity contribution is 5.85. The fraction of sp³-hybridized carbons (Fsp3) is 0.400. The number of hydrogen-bond acceptors (Lipinski definition) is 1. The zero-order valence-electron chi connectivity index (χ0n) is 7.59. The zero-order valence-corrected chi connectivity index (χ0v) is 8.41. The first-order valence-electron chi connectivity index (χ1n) is 4.19. The molecule has 0 aromatic heterocycles. The van der Waals surface area contributed by atoms with Gasteiger partial charge in [-0.25, -0.2) is 8.78 Å². The fourth-order valence-corrected chi connectivity index (χ4v) is 2.16. The molecule has 0 aromatic rings. The highest BCUT2D eigenvalue weighted by Gasteiger charge is 2.60. The molecule has 3 rings (SSSR count). The van der Waals surface area contributed by atoms with Crippen LogP contribution in [-0.4, -0.2) is 5.92 Å². The first-order chi connectivity index (χ1) is 5.71. The molecule has 0 aliphatic heterocycles. The van der Waals surface area contributed by atoms with Gasteiger partial charge < -0.3 is 6.15 Å². The Balaban J connectivity index is 0.000000490. The zero-order chi connectivity index (χ0) is 8.34. The Hall–Kier alpha value is -0.670. The molecule has 0 saturated heterocycles. The molecule has 4 heteroatoms. The third-order valence-corrected chi connectivity index (χ3v) is 2.86. The molecule has 14 heavy (non-hydrogen) atoms. The SMILES string of the molecule is Cl.FC1(F)C2=CCC=CC2=C2CC21.N. The standard InChI is InChI=1S/C10H8F2.ClH.H3N/c11-10(12)8-4-2-1-3-6(8)7-5-9(7)10;;/h1,3-4,9H,2,5H2;1H;1H3. The largest absolute Gasteiger partial charge is 0.344 e. The van der Waals surface area contributed by atoms with Crippen LogP contribution in [0.3, 0.4) is 0 Å². The summed E-state index contributed by atoms with van der Waals surface area (Å²) in [7, 11) is 0. The van der Waals surface area contributed by atoms with Crippen molar-refractivity contribution in [2.45, 2.75) is 18.8 Å². The van der Waals surface area contributed by atoms with Gasteiger partial charge in [-0.2, -0.15) is 0 Å². The van der Waals surface area contributed by atoms with Crippen LogP contribution in [0.2, 0.25) is 0 Å². The van der Waals surface area contributed by atoms with Crippen LogP contribution >= 0.6 is 12.4 Å². The summed E-state index contributed by atoms with van der Waals surface area (Å²) in [5.41, 5.74) is 2.09. The number of alkyl halides is 2. The Morgan fingerprint density at radius 3 is 2.71 bits per heavy atom. The monoisotopic (exact) mass is 219 g/mol. The predicted molar refractivity (Wildman–Crippen MR) is 54.2 cm³/mol. The molecule has 78 valence electrons. The van der Waals surface area contributed by atoms with Crippen molar-refractivity contribution < 1.29 is 8.78 Å². The molecule has 1 saturated carbocycles. The van der Waals surface area contributed by atoms with Crippen LogP contribution in [-0.2, 0) is 0 Å². The van der Waals surface area contributed by atoms with Crippen molar-refractivity contribution in [3.05, 3.63) is 34.9 Å². The molecule has 1 fully saturated rings.